The molecule has 0 bridgehead atoms. The Bertz CT molecular complexity index is 1380. The molecule has 5 rings (SSSR count). The summed E-state index contributed by atoms with van der Waals surface area (Å²) in [5, 5.41) is 10.1. The van der Waals surface area contributed by atoms with Crippen molar-refractivity contribution in [1.82, 2.24) is 29.0 Å². The normalized spacial score (nSPS) is 15.5. The molecule has 0 N–H and O–H groups in total. The van der Waals surface area contributed by atoms with Crippen LogP contribution in [0.25, 0.3) is 16.2 Å². The highest BCUT2D eigenvalue weighted by molar-refractivity contribution is 7.89. The van der Waals surface area contributed by atoms with Crippen molar-refractivity contribution in [2.45, 2.75) is 18.7 Å². The van der Waals surface area contributed by atoms with E-state index < -0.39 is 10.0 Å². The Morgan fingerprint density at radius 1 is 1.16 bits per heavy atom. The van der Waals surface area contributed by atoms with Gasteiger partial charge < -0.3 is 9.42 Å². The fraction of sp³-hybridized carbons (Fsp3) is 0.300. The van der Waals surface area contributed by atoms with Crippen molar-refractivity contribution in [3.05, 3.63) is 53.0 Å². The maximum Gasteiger partial charge on any atom is 0.259 e. The van der Waals surface area contributed by atoms with Gasteiger partial charge in [0.25, 0.3) is 5.91 Å². The quantitative estimate of drug-likeness (QED) is 0.447. The zero-order chi connectivity index (χ0) is 22.5. The smallest absolute Gasteiger partial charge is 0.259 e. The number of aryl methyl sites for hydroxylation is 2. The monoisotopic (exact) mass is 472 g/mol. The Hall–Kier alpha value is -3.09. The maximum absolute atomic E-state index is 13.2. The third-order valence-corrected chi connectivity index (χ3v) is 8.53. The molecule has 0 saturated carbocycles. The second-order valence-corrected chi connectivity index (χ2v) is 10.3. The minimum atomic E-state index is -3.74. The highest BCUT2D eigenvalue weighted by Gasteiger charge is 2.35. The minimum absolute atomic E-state index is 0.102. The van der Waals surface area contributed by atoms with Gasteiger partial charge in [0.2, 0.25) is 10.0 Å². The topological polar surface area (TPSA) is 114 Å². The van der Waals surface area contributed by atoms with Gasteiger partial charge in [0.1, 0.15) is 16.2 Å². The van der Waals surface area contributed by atoms with E-state index in [9.17, 15) is 13.2 Å². The van der Waals surface area contributed by atoms with Crippen molar-refractivity contribution >= 4 is 32.9 Å². The standard InChI is InChI=1S/C20H20N6O4S2/c1-13-18(14(2)30-23-13)32(28,29)25-9-7-24(8-10-25)20(27)15-12-22-26-16(5-6-21-19(15)26)17-4-3-11-31-17/h3-6,11-12H,7-10H2,1-2H3. The summed E-state index contributed by atoms with van der Waals surface area (Å²) in [7, 11) is -3.74. The number of aromatic nitrogens is 4. The number of sulfonamides is 1. The zero-order valence-corrected chi connectivity index (χ0v) is 19.1. The molecule has 4 aromatic rings. The lowest BCUT2D eigenvalue weighted by molar-refractivity contribution is 0.0699. The van der Waals surface area contributed by atoms with Gasteiger partial charge in [-0.3, -0.25) is 4.79 Å². The molecule has 1 saturated heterocycles. The van der Waals surface area contributed by atoms with Crippen LogP contribution in [-0.4, -0.2) is 69.5 Å². The molecule has 1 aliphatic rings. The summed E-state index contributed by atoms with van der Waals surface area (Å²) in [4.78, 5) is 20.3. The molecule has 0 unspecified atom stereocenters. The molecule has 4 aromatic heterocycles. The number of rotatable bonds is 4. The molecule has 0 spiro atoms. The summed E-state index contributed by atoms with van der Waals surface area (Å²) in [6, 6.07) is 5.80. The van der Waals surface area contributed by atoms with Crippen LogP contribution in [0.4, 0.5) is 0 Å². The molecule has 1 amide bonds. The van der Waals surface area contributed by atoms with E-state index in [0.29, 0.717) is 16.9 Å². The molecular formula is C20H20N6O4S2. The fourth-order valence-electron chi connectivity index (χ4n) is 3.93. The van der Waals surface area contributed by atoms with Crippen molar-refractivity contribution in [2.24, 2.45) is 0 Å². The fourth-order valence-corrected chi connectivity index (χ4v) is 6.38. The van der Waals surface area contributed by atoms with Crippen molar-refractivity contribution < 1.29 is 17.7 Å². The molecule has 1 fully saturated rings. The molecule has 0 aromatic carbocycles. The van der Waals surface area contributed by atoms with E-state index in [1.165, 1.54) is 10.5 Å². The molecular weight excluding hydrogens is 452 g/mol. The number of amides is 1. The number of piperazine rings is 1. The average molecular weight is 473 g/mol. The highest BCUT2D eigenvalue weighted by Crippen LogP contribution is 2.27. The summed E-state index contributed by atoms with van der Waals surface area (Å²) in [5.41, 5.74) is 2.07. The first kappa shape index (κ1) is 20.8. The van der Waals surface area contributed by atoms with Gasteiger partial charge in [-0.1, -0.05) is 11.2 Å². The van der Waals surface area contributed by atoms with Crippen LogP contribution >= 0.6 is 11.3 Å². The number of hydrogen-bond donors (Lipinski definition) is 0. The van der Waals surface area contributed by atoms with Crippen LogP contribution in [0.3, 0.4) is 0 Å². The number of thiophene rings is 1. The number of hydrogen-bond acceptors (Lipinski definition) is 8. The summed E-state index contributed by atoms with van der Waals surface area (Å²) in [6.07, 6.45) is 3.19. The van der Waals surface area contributed by atoms with Crippen LogP contribution in [0, 0.1) is 13.8 Å². The third kappa shape index (κ3) is 3.31. The second kappa shape index (κ2) is 7.80. The average Bonchev–Trinajstić information content (AvgIpc) is 3.53. The third-order valence-electron chi connectivity index (χ3n) is 5.50. The molecule has 5 heterocycles. The summed E-state index contributed by atoms with van der Waals surface area (Å²) < 4.78 is 34.1. The molecule has 32 heavy (non-hydrogen) atoms. The van der Waals surface area contributed by atoms with Crippen LogP contribution in [0.15, 0.2) is 45.4 Å². The van der Waals surface area contributed by atoms with Gasteiger partial charge >= 0.3 is 0 Å². The Morgan fingerprint density at radius 3 is 2.59 bits per heavy atom. The first-order valence-corrected chi connectivity index (χ1v) is 12.3. The predicted molar refractivity (Wildman–Crippen MR) is 117 cm³/mol. The van der Waals surface area contributed by atoms with Crippen LogP contribution in [0.2, 0.25) is 0 Å². The van der Waals surface area contributed by atoms with E-state index >= 15 is 0 Å². The van der Waals surface area contributed by atoms with E-state index in [2.05, 4.69) is 15.2 Å². The van der Waals surface area contributed by atoms with Gasteiger partial charge in [-0.25, -0.2) is 17.9 Å². The predicted octanol–water partition coefficient (Wildman–Crippen LogP) is 2.21. The summed E-state index contributed by atoms with van der Waals surface area (Å²) in [5.74, 6) is 0.0465. The number of fused-ring (bicyclic) bond motifs is 1. The van der Waals surface area contributed by atoms with Gasteiger partial charge in [-0.2, -0.15) is 9.40 Å². The SMILES string of the molecule is Cc1noc(C)c1S(=O)(=O)N1CCN(C(=O)c2cnn3c(-c4cccs4)ccnc23)CC1. The van der Waals surface area contributed by atoms with Crippen molar-refractivity contribution in [3.8, 4) is 10.6 Å². The van der Waals surface area contributed by atoms with Crippen molar-refractivity contribution in [1.29, 1.82) is 0 Å². The Kier molecular flexibility index (Phi) is 5.07. The van der Waals surface area contributed by atoms with Crippen molar-refractivity contribution in [3.63, 3.8) is 0 Å². The first-order chi connectivity index (χ1) is 15.4. The van der Waals surface area contributed by atoms with E-state index in [-0.39, 0.29) is 42.7 Å². The van der Waals surface area contributed by atoms with Gasteiger partial charge in [0.15, 0.2) is 11.4 Å². The van der Waals surface area contributed by atoms with Gasteiger partial charge in [0, 0.05) is 32.4 Å². The van der Waals surface area contributed by atoms with Gasteiger partial charge in [-0.05, 0) is 31.4 Å². The van der Waals surface area contributed by atoms with Crippen LogP contribution in [0.1, 0.15) is 21.8 Å². The lowest BCUT2D eigenvalue weighted by Crippen LogP contribution is -2.50. The number of carbonyl (C=O) groups is 1. The maximum atomic E-state index is 13.2. The van der Waals surface area contributed by atoms with Crippen LogP contribution < -0.4 is 0 Å². The molecule has 12 heteroatoms. The lowest BCUT2D eigenvalue weighted by atomic mass is 10.2. The zero-order valence-electron chi connectivity index (χ0n) is 17.4. The second-order valence-electron chi connectivity index (χ2n) is 7.45. The molecule has 0 radical (unpaired) electrons. The Morgan fingerprint density at radius 2 is 1.94 bits per heavy atom. The van der Waals surface area contributed by atoms with E-state index in [1.54, 1.807) is 40.8 Å². The molecule has 0 atom stereocenters. The largest absolute Gasteiger partial charge is 0.360 e. The summed E-state index contributed by atoms with van der Waals surface area (Å²) >= 11 is 1.58. The Labute approximate surface area is 188 Å². The van der Waals surface area contributed by atoms with E-state index in [1.807, 2.05) is 23.6 Å². The molecule has 1 aliphatic heterocycles. The number of nitrogens with zero attached hydrogens (tertiary/aromatic N) is 6. The Balaban J connectivity index is 1.36. The summed E-state index contributed by atoms with van der Waals surface area (Å²) in [6.45, 7) is 4.09. The molecule has 0 aliphatic carbocycles. The molecule has 166 valence electrons. The van der Waals surface area contributed by atoms with E-state index in [0.717, 1.165) is 10.6 Å². The van der Waals surface area contributed by atoms with Crippen LogP contribution in [0.5, 0.6) is 0 Å². The van der Waals surface area contributed by atoms with Gasteiger partial charge in [0.05, 0.1) is 16.8 Å². The van der Waals surface area contributed by atoms with Crippen molar-refractivity contribution in [2.75, 3.05) is 26.2 Å². The van der Waals surface area contributed by atoms with E-state index in [4.69, 9.17) is 4.52 Å². The minimum Gasteiger partial charge on any atom is -0.360 e. The van der Waals surface area contributed by atoms with Crippen LogP contribution in [-0.2, 0) is 10.0 Å². The highest BCUT2D eigenvalue weighted by atomic mass is 32.2. The number of carbonyl (C=O) groups excluding carboxylic acids is 1. The van der Waals surface area contributed by atoms with Gasteiger partial charge in [-0.15, -0.1) is 11.3 Å². The first-order valence-electron chi connectivity index (χ1n) is 9.97. The molecule has 10 nitrogen and oxygen atoms in total. The lowest BCUT2D eigenvalue weighted by Gasteiger charge is -2.33.